The summed E-state index contributed by atoms with van der Waals surface area (Å²) < 4.78 is 0. The van der Waals surface area contributed by atoms with Crippen molar-refractivity contribution in [2.24, 2.45) is 5.92 Å². The fourth-order valence-corrected chi connectivity index (χ4v) is 2.07. The van der Waals surface area contributed by atoms with E-state index >= 15 is 0 Å². The van der Waals surface area contributed by atoms with Gasteiger partial charge in [0.15, 0.2) is 0 Å². The second kappa shape index (κ2) is 6.64. The zero-order valence-corrected chi connectivity index (χ0v) is 13.2. The summed E-state index contributed by atoms with van der Waals surface area (Å²) in [4.78, 5) is 11.6. The Morgan fingerprint density at radius 3 is 2.24 bits per heavy atom. The van der Waals surface area contributed by atoms with Crippen LogP contribution in [0.1, 0.15) is 19.4 Å². The van der Waals surface area contributed by atoms with Gasteiger partial charge in [0.25, 0.3) is 0 Å². The lowest BCUT2D eigenvalue weighted by Crippen LogP contribution is -2.17. The van der Waals surface area contributed by atoms with Crippen LogP contribution in [0, 0.1) is 12.8 Å². The van der Waals surface area contributed by atoms with Gasteiger partial charge in [0.2, 0.25) is 5.91 Å². The number of anilines is 3. The molecule has 0 aromatic heterocycles. The number of aryl methyl sites for hydroxylation is 1. The molecule has 0 spiro atoms. The molecule has 0 unspecified atom stereocenters. The van der Waals surface area contributed by atoms with E-state index in [1.165, 1.54) is 0 Å². The van der Waals surface area contributed by atoms with Crippen molar-refractivity contribution in [2.75, 3.05) is 10.6 Å². The summed E-state index contributed by atoms with van der Waals surface area (Å²) in [6.45, 7) is 5.74. The fourth-order valence-electron chi connectivity index (χ4n) is 1.85. The molecule has 2 aromatic rings. The van der Waals surface area contributed by atoms with Crippen LogP contribution in [-0.2, 0) is 4.79 Å². The zero-order valence-electron chi connectivity index (χ0n) is 12.4. The van der Waals surface area contributed by atoms with E-state index in [2.05, 4.69) is 10.6 Å². The molecule has 110 valence electrons. The van der Waals surface area contributed by atoms with E-state index in [0.717, 1.165) is 27.6 Å². The number of carbonyl (C=O) groups excluding carboxylic acids is 1. The van der Waals surface area contributed by atoms with E-state index in [0.29, 0.717) is 0 Å². The van der Waals surface area contributed by atoms with Gasteiger partial charge in [0, 0.05) is 28.0 Å². The van der Waals surface area contributed by atoms with E-state index < -0.39 is 0 Å². The monoisotopic (exact) mass is 302 g/mol. The zero-order chi connectivity index (χ0) is 15.4. The number of amides is 1. The Labute approximate surface area is 130 Å². The lowest BCUT2D eigenvalue weighted by Gasteiger charge is -2.11. The van der Waals surface area contributed by atoms with Gasteiger partial charge < -0.3 is 10.6 Å². The predicted octanol–water partition coefficient (Wildman–Crippen LogP) is 4.99. The minimum Gasteiger partial charge on any atom is -0.355 e. The van der Waals surface area contributed by atoms with E-state index in [4.69, 9.17) is 11.6 Å². The number of halogens is 1. The molecule has 0 radical (unpaired) electrons. The number of hydrogen-bond acceptors (Lipinski definition) is 2. The minimum atomic E-state index is -0.0282. The summed E-state index contributed by atoms with van der Waals surface area (Å²) in [6.07, 6.45) is 0. The van der Waals surface area contributed by atoms with Crippen LogP contribution in [0.15, 0.2) is 42.5 Å². The molecule has 0 saturated carbocycles. The maximum atomic E-state index is 11.6. The molecule has 0 saturated heterocycles. The van der Waals surface area contributed by atoms with Crippen LogP contribution in [0.4, 0.5) is 17.1 Å². The second-order valence-electron chi connectivity index (χ2n) is 5.31. The number of nitrogens with one attached hydrogen (secondary N) is 2. The van der Waals surface area contributed by atoms with Gasteiger partial charge in [0.05, 0.1) is 0 Å². The molecule has 1 amide bonds. The Kier molecular flexibility index (Phi) is 4.86. The molecule has 2 N–H and O–H groups in total. The van der Waals surface area contributed by atoms with Gasteiger partial charge in [-0.2, -0.15) is 0 Å². The summed E-state index contributed by atoms with van der Waals surface area (Å²) in [5, 5.41) is 6.93. The van der Waals surface area contributed by atoms with Crippen LogP contribution in [-0.4, -0.2) is 5.91 Å². The summed E-state index contributed by atoms with van der Waals surface area (Å²) in [6, 6.07) is 13.4. The lowest BCUT2D eigenvalue weighted by atomic mass is 10.2. The fraction of sp³-hybridized carbons (Fsp3) is 0.235. The summed E-state index contributed by atoms with van der Waals surface area (Å²) in [5.41, 5.74) is 3.85. The number of carbonyl (C=O) groups is 1. The third-order valence-corrected chi connectivity index (χ3v) is 3.38. The molecule has 0 aliphatic heterocycles. The van der Waals surface area contributed by atoms with E-state index in [-0.39, 0.29) is 11.8 Å². The normalized spacial score (nSPS) is 10.5. The van der Waals surface area contributed by atoms with Crippen molar-refractivity contribution in [2.45, 2.75) is 20.8 Å². The molecule has 0 fully saturated rings. The van der Waals surface area contributed by atoms with Crippen molar-refractivity contribution < 1.29 is 4.79 Å². The Bertz CT molecular complexity index is 636. The van der Waals surface area contributed by atoms with Crippen LogP contribution >= 0.6 is 11.6 Å². The summed E-state index contributed by atoms with van der Waals surface area (Å²) in [5.74, 6) is -0.0104. The molecule has 0 aliphatic rings. The summed E-state index contributed by atoms with van der Waals surface area (Å²) >= 11 is 5.95. The average Bonchev–Trinajstić information content (AvgIpc) is 2.43. The molecule has 0 bridgehead atoms. The second-order valence-corrected chi connectivity index (χ2v) is 5.74. The van der Waals surface area contributed by atoms with Crippen LogP contribution in [0.25, 0.3) is 0 Å². The highest BCUT2D eigenvalue weighted by Gasteiger charge is 2.07. The van der Waals surface area contributed by atoms with Gasteiger partial charge in [-0.25, -0.2) is 0 Å². The molecule has 0 aliphatic carbocycles. The van der Waals surface area contributed by atoms with Gasteiger partial charge in [-0.15, -0.1) is 0 Å². The first-order valence-electron chi connectivity index (χ1n) is 6.90. The maximum absolute atomic E-state index is 11.6. The van der Waals surface area contributed by atoms with Gasteiger partial charge >= 0.3 is 0 Å². The quantitative estimate of drug-likeness (QED) is 0.835. The van der Waals surface area contributed by atoms with Gasteiger partial charge in [-0.05, 0) is 55.0 Å². The first-order chi connectivity index (χ1) is 9.95. The van der Waals surface area contributed by atoms with E-state index in [1.54, 1.807) is 0 Å². The Morgan fingerprint density at radius 2 is 1.67 bits per heavy atom. The predicted molar refractivity (Wildman–Crippen MR) is 89.4 cm³/mol. The standard InChI is InChI=1S/C17H19ClN2O/c1-11(2)17(21)20-15-7-5-14(6-8-15)19-16-9-4-13(18)10-12(16)3/h4-11,19H,1-3H3,(H,20,21). The van der Waals surface area contributed by atoms with Crippen molar-refractivity contribution in [1.82, 2.24) is 0 Å². The van der Waals surface area contributed by atoms with E-state index in [1.807, 2.05) is 63.2 Å². The number of hydrogen-bond donors (Lipinski definition) is 2. The van der Waals surface area contributed by atoms with Crippen molar-refractivity contribution in [3.63, 3.8) is 0 Å². The van der Waals surface area contributed by atoms with Crippen molar-refractivity contribution in [3.05, 3.63) is 53.1 Å². The van der Waals surface area contributed by atoms with Crippen LogP contribution in [0.5, 0.6) is 0 Å². The third kappa shape index (κ3) is 4.23. The first kappa shape index (κ1) is 15.4. The Balaban J connectivity index is 2.07. The lowest BCUT2D eigenvalue weighted by molar-refractivity contribution is -0.118. The molecule has 2 aromatic carbocycles. The number of benzene rings is 2. The molecular weight excluding hydrogens is 284 g/mol. The summed E-state index contributed by atoms with van der Waals surface area (Å²) in [7, 11) is 0. The highest BCUT2D eigenvalue weighted by atomic mass is 35.5. The largest absolute Gasteiger partial charge is 0.355 e. The van der Waals surface area contributed by atoms with Crippen LogP contribution in [0.3, 0.4) is 0 Å². The van der Waals surface area contributed by atoms with Crippen molar-refractivity contribution >= 4 is 34.6 Å². The van der Waals surface area contributed by atoms with Crippen LogP contribution < -0.4 is 10.6 Å². The Hall–Kier alpha value is -2.00. The van der Waals surface area contributed by atoms with Gasteiger partial charge in [0.1, 0.15) is 0 Å². The first-order valence-corrected chi connectivity index (χ1v) is 7.27. The molecule has 3 nitrogen and oxygen atoms in total. The Morgan fingerprint density at radius 1 is 1.05 bits per heavy atom. The maximum Gasteiger partial charge on any atom is 0.226 e. The minimum absolute atomic E-state index is 0.0178. The molecule has 2 rings (SSSR count). The van der Waals surface area contributed by atoms with Crippen molar-refractivity contribution in [1.29, 1.82) is 0 Å². The smallest absolute Gasteiger partial charge is 0.226 e. The van der Waals surface area contributed by atoms with Crippen LogP contribution in [0.2, 0.25) is 5.02 Å². The van der Waals surface area contributed by atoms with E-state index in [9.17, 15) is 4.79 Å². The SMILES string of the molecule is Cc1cc(Cl)ccc1Nc1ccc(NC(=O)C(C)C)cc1. The molecular formula is C17H19ClN2O. The van der Waals surface area contributed by atoms with Gasteiger partial charge in [-0.3, -0.25) is 4.79 Å². The molecule has 21 heavy (non-hydrogen) atoms. The topological polar surface area (TPSA) is 41.1 Å². The van der Waals surface area contributed by atoms with Gasteiger partial charge in [-0.1, -0.05) is 25.4 Å². The number of rotatable bonds is 4. The average molecular weight is 303 g/mol. The highest BCUT2D eigenvalue weighted by molar-refractivity contribution is 6.30. The molecule has 0 atom stereocenters. The molecule has 4 heteroatoms. The third-order valence-electron chi connectivity index (χ3n) is 3.14. The van der Waals surface area contributed by atoms with Crippen molar-refractivity contribution in [3.8, 4) is 0 Å². The highest BCUT2D eigenvalue weighted by Crippen LogP contribution is 2.24. The molecule has 0 heterocycles.